The smallest absolute Gasteiger partial charge is 0.314 e. The van der Waals surface area contributed by atoms with Crippen LogP contribution in [0.15, 0.2) is 91.0 Å². The Labute approximate surface area is 824 Å². The van der Waals surface area contributed by atoms with Crippen LogP contribution in [0.25, 0.3) is 0 Å². The number of ether oxygens (including phenoxy) is 7. The van der Waals surface area contributed by atoms with E-state index in [1.807, 2.05) is 176 Å². The average Bonchev–Trinajstić information content (AvgIpc) is 0.990. The molecule has 0 aromatic heterocycles. The molecule has 0 bridgehead atoms. The van der Waals surface area contributed by atoms with Gasteiger partial charge in [-0.1, -0.05) is 174 Å². The number of nitrogens with one attached hydrogen (secondary N) is 2. The number of aliphatic hydroxyl groups excluding tert-OH is 1. The predicted molar refractivity (Wildman–Crippen MR) is 488 cm³/mol. The van der Waals surface area contributed by atoms with Gasteiger partial charge in [0.1, 0.15) is 52.1 Å². The fraction of sp³-hybridized carbons (Fsp3) is 0.694. The van der Waals surface area contributed by atoms with Crippen LogP contribution in [0.5, 0.6) is 0 Å². The molecule has 29 nitrogen and oxygen atoms in total. The van der Waals surface area contributed by atoms with Gasteiger partial charge >= 0.3 is 59.7 Å². The minimum absolute atomic E-state index is 0. The number of nitrogens with two attached hydrogens (primary N) is 1. The second kappa shape index (κ2) is 56.6. The number of hydrogen-bond donors (Lipinski definition) is 6. The van der Waals surface area contributed by atoms with E-state index in [2.05, 4.69) is 119 Å². The average molecular weight is 2110 g/mol. The summed E-state index contributed by atoms with van der Waals surface area (Å²) in [6, 6.07) is 28.2. The van der Waals surface area contributed by atoms with Crippen LogP contribution < -0.4 is 84.3 Å². The molecule has 4 fully saturated rings. The first kappa shape index (κ1) is 128. The SMILES string of the molecule is CC1(C)CC(C)(C)CC(C)(N)C1.CC1(C)CC(C)(C)CC(C)(NC(=O)CCC(=O)O[C@H](CC(=O)O)C[N+](C)(C)C)C1.CC1(C)CC(C)(C)CC(C)(NC(=O)CCC(=O)O[C@H](CC(=O)OCc2ccccc2)C[N+](C)(C)C)C1.C[N+](C)(C)C[C@@H](CC(=O)OCc1ccccc1)OC(=O)CCC(=O)O.C[N+](C)(C)C[C@H](O)CC(=O)OCc1ccccc1.O=C1CCC(=O)O1.[Br-].[Br-].[Br-].[Br-]. The summed E-state index contributed by atoms with van der Waals surface area (Å²) >= 11 is 0. The van der Waals surface area contributed by atoms with Crippen molar-refractivity contribution in [1.29, 1.82) is 0 Å². The lowest BCUT2D eigenvalue weighted by Gasteiger charge is -2.51. The number of aliphatic hydroxyl groups is 1. The number of carbonyl (C=O) groups is 12. The highest BCUT2D eigenvalue weighted by Crippen LogP contribution is 2.52. The molecule has 1 saturated heterocycles. The molecule has 4 atom stereocenters. The lowest BCUT2D eigenvalue weighted by Crippen LogP contribution is -3.00. The first-order valence-corrected chi connectivity index (χ1v) is 44.4. The van der Waals surface area contributed by atoms with E-state index >= 15 is 0 Å². The molecular formula is C98H163Br4N7O22. The number of rotatable bonds is 36. The molecule has 0 unspecified atom stereocenters. The Hall–Kier alpha value is -6.82. The molecular weight excluding hydrogens is 1950 g/mol. The van der Waals surface area contributed by atoms with Crippen molar-refractivity contribution in [3.63, 3.8) is 0 Å². The normalized spacial score (nSPS) is 18.0. The number of quaternary nitrogens is 4. The monoisotopic (exact) mass is 2110 g/mol. The summed E-state index contributed by atoms with van der Waals surface area (Å²) < 4.78 is 38.2. The van der Waals surface area contributed by atoms with Crippen LogP contribution in [-0.2, 0) is 111 Å². The van der Waals surface area contributed by atoms with Crippen molar-refractivity contribution in [3.05, 3.63) is 108 Å². The fourth-order valence-electron chi connectivity index (χ4n) is 19.8. The Balaban J connectivity index is -0.00000157. The molecule has 1 aliphatic heterocycles. The molecule has 3 aliphatic carbocycles. The van der Waals surface area contributed by atoms with Gasteiger partial charge in [0.25, 0.3) is 0 Å². The largest absolute Gasteiger partial charge is 1.00 e. The van der Waals surface area contributed by atoms with Crippen LogP contribution in [0.2, 0.25) is 0 Å². The summed E-state index contributed by atoms with van der Waals surface area (Å²) in [5, 5.41) is 33.7. The number of amides is 2. The highest BCUT2D eigenvalue weighted by Gasteiger charge is 2.48. The number of hydrogen-bond acceptors (Lipinski definition) is 21. The lowest BCUT2D eigenvalue weighted by molar-refractivity contribution is -0.873. The zero-order chi connectivity index (χ0) is 97.2. The van der Waals surface area contributed by atoms with E-state index in [4.69, 9.17) is 44.4 Å². The van der Waals surface area contributed by atoms with Gasteiger partial charge in [-0.2, -0.15) is 0 Å². The van der Waals surface area contributed by atoms with Crippen molar-refractivity contribution >= 4 is 71.5 Å². The summed E-state index contributed by atoms with van der Waals surface area (Å²) in [5.41, 5.74) is 9.78. The predicted octanol–water partition coefficient (Wildman–Crippen LogP) is 1.20. The first-order valence-electron chi connectivity index (χ1n) is 44.4. The molecule has 3 aromatic rings. The third-order valence-electron chi connectivity index (χ3n) is 20.6. The maximum absolute atomic E-state index is 12.8. The van der Waals surface area contributed by atoms with E-state index in [1.165, 1.54) is 6.42 Å². The van der Waals surface area contributed by atoms with Crippen LogP contribution in [-0.4, -0.2) is 257 Å². The van der Waals surface area contributed by atoms with E-state index in [0.717, 1.165) is 68.1 Å². The van der Waals surface area contributed by atoms with Gasteiger partial charge in [0, 0.05) is 29.5 Å². The zero-order valence-corrected chi connectivity index (χ0v) is 90.1. The van der Waals surface area contributed by atoms with Crippen molar-refractivity contribution in [2.75, 3.05) is 111 Å². The maximum Gasteiger partial charge on any atom is 0.314 e. The van der Waals surface area contributed by atoms with Gasteiger partial charge < -0.3 is 151 Å². The third-order valence-corrected chi connectivity index (χ3v) is 20.6. The Morgan fingerprint density at radius 1 is 0.351 bits per heavy atom. The molecule has 750 valence electrons. The second-order valence-corrected chi connectivity index (χ2v) is 45.2. The van der Waals surface area contributed by atoms with Gasteiger partial charge in [-0.3, -0.25) is 57.5 Å². The second-order valence-electron chi connectivity index (χ2n) is 45.2. The molecule has 0 spiro atoms. The number of carbonyl (C=O) groups excluding carboxylic acids is 10. The summed E-state index contributed by atoms with van der Waals surface area (Å²) in [7, 11) is 23.3. The maximum atomic E-state index is 12.8. The van der Waals surface area contributed by atoms with Gasteiger partial charge in [-0.25, -0.2) is 0 Å². The van der Waals surface area contributed by atoms with Crippen LogP contribution in [0.1, 0.15) is 255 Å². The van der Waals surface area contributed by atoms with Crippen molar-refractivity contribution in [2.45, 2.75) is 300 Å². The minimum atomic E-state index is -1.07. The fourth-order valence-corrected chi connectivity index (χ4v) is 19.8. The number of carboxylic acid groups (broad SMARTS) is 2. The molecule has 3 saturated carbocycles. The van der Waals surface area contributed by atoms with E-state index in [1.54, 1.807) is 0 Å². The van der Waals surface area contributed by atoms with Crippen molar-refractivity contribution in [3.8, 4) is 0 Å². The van der Waals surface area contributed by atoms with E-state index in [9.17, 15) is 62.6 Å². The summed E-state index contributed by atoms with van der Waals surface area (Å²) in [6.07, 6.45) is 6.50. The highest BCUT2D eigenvalue weighted by atomic mass is 79.9. The van der Waals surface area contributed by atoms with Crippen molar-refractivity contribution < 1.29 is 192 Å². The molecule has 3 aromatic carbocycles. The molecule has 0 radical (unpaired) electrons. The van der Waals surface area contributed by atoms with E-state index < -0.39 is 78.1 Å². The number of halogens is 4. The Kier molecular flexibility index (Phi) is 55.5. The third kappa shape index (κ3) is 64.0. The number of esters is 8. The summed E-state index contributed by atoms with van der Waals surface area (Å²) in [4.78, 5) is 139. The summed E-state index contributed by atoms with van der Waals surface area (Å²) in [6.45, 7) is 36.0. The standard InChI is InChI=1S/C29H46N2O5.C22H40N2O5.C18H25NO6.C14H22NO3.C11H23N.C4H4O3.4BrH/c1-27(2)19-28(3,4)21-29(5,20-27)30-24(32)14-15-25(33)36-23(17-31(6,7)8)16-26(34)35-18-22-12-10-9-11-13-22;1-20(2)13-21(3,4)15-22(5,14-20)23-17(25)9-10-19(28)29-16(11-18(26)27)12-24(6,7)8;1-19(2,3)12-15(25-17(22)10-9-16(20)21)11-18(23)24-13-14-7-5-4-6-8-14;1-15(2,3)10-13(16)9-14(17)18-11-12-7-5-4-6-8-12;1-9(2)6-10(3,4)8-11(5,12)7-9;5-3-1-2-4(6)7-3;;;;/h9-13,23H,14-21H2,1-8H3;16H,9-15H2,1-8H3,(H-,23,25,26,27);4-8,15H,9-13H2,1-3H3;4-8,13,16H,9-11H2,1-3H3;6-8,12H2,1-5H3;1-2H2;4*1H/q;;;+1;;;;;;/p-1/t23-;16-;15-;13-;;;;;;/m1111....../s1. The Morgan fingerprint density at radius 3 is 0.840 bits per heavy atom. The van der Waals surface area contributed by atoms with Gasteiger partial charge in [0.05, 0.1) is 149 Å². The van der Waals surface area contributed by atoms with Crippen LogP contribution >= 0.6 is 0 Å². The minimum Gasteiger partial charge on any atom is -1.00 e. The molecule has 2 amide bonds. The highest BCUT2D eigenvalue weighted by molar-refractivity contribution is 5.92. The van der Waals surface area contributed by atoms with Crippen molar-refractivity contribution in [2.24, 2.45) is 38.2 Å². The molecule has 7 rings (SSSR count). The zero-order valence-electron chi connectivity index (χ0n) is 83.7. The Morgan fingerprint density at radius 2 is 0.603 bits per heavy atom. The molecule has 4 aliphatic rings. The van der Waals surface area contributed by atoms with E-state index in [0.29, 0.717) is 54.9 Å². The number of benzene rings is 3. The van der Waals surface area contributed by atoms with Gasteiger partial charge in [0.15, 0.2) is 18.3 Å². The molecule has 33 heteroatoms. The van der Waals surface area contributed by atoms with Gasteiger partial charge in [0.2, 0.25) is 11.8 Å². The van der Waals surface area contributed by atoms with Crippen LogP contribution in [0, 0.1) is 32.5 Å². The number of carboxylic acids is 2. The number of likely N-dealkylation sites (N-methyl/N-ethyl adjacent to an activating group) is 4. The number of cyclic esters (lactones) is 2. The number of aliphatic carboxylic acids is 2. The lowest BCUT2D eigenvalue weighted by atomic mass is 9.59. The molecule has 131 heavy (non-hydrogen) atoms. The van der Waals surface area contributed by atoms with E-state index in [-0.39, 0.29) is 221 Å². The summed E-state index contributed by atoms with van der Waals surface area (Å²) in [5.74, 6) is -6.07. The van der Waals surface area contributed by atoms with Gasteiger partial charge in [-0.05, 0) is 128 Å². The molecule has 1 heterocycles. The van der Waals surface area contributed by atoms with Crippen LogP contribution in [0.3, 0.4) is 0 Å². The number of nitrogens with zero attached hydrogens (tertiary/aromatic N) is 4. The topological polar surface area (TPSA) is 380 Å². The quantitative estimate of drug-likeness (QED) is 0.0206. The van der Waals surface area contributed by atoms with Gasteiger partial charge in [-0.15, -0.1) is 0 Å². The Bertz CT molecular complexity index is 3930. The van der Waals surface area contributed by atoms with Crippen LogP contribution in [0.4, 0.5) is 0 Å². The first-order chi connectivity index (χ1) is 57.8. The van der Waals surface area contributed by atoms with Crippen molar-refractivity contribution in [1.82, 2.24) is 10.6 Å². The molecule has 7 N–H and O–H groups in total.